The molecule has 0 aliphatic carbocycles. The van der Waals surface area contributed by atoms with Crippen LogP contribution in [0, 0.1) is 0 Å². The third-order valence-electron chi connectivity index (χ3n) is 6.20. The molecule has 156 valence electrons. The van der Waals surface area contributed by atoms with Gasteiger partial charge in [0.1, 0.15) is 5.70 Å². The van der Waals surface area contributed by atoms with Crippen LogP contribution in [0.25, 0.3) is 6.08 Å². The van der Waals surface area contributed by atoms with Gasteiger partial charge in [0, 0.05) is 23.3 Å². The maximum absolute atomic E-state index is 12.8. The van der Waals surface area contributed by atoms with Crippen LogP contribution in [0.2, 0.25) is 5.02 Å². The lowest BCUT2D eigenvalue weighted by Gasteiger charge is -2.45. The summed E-state index contributed by atoms with van der Waals surface area (Å²) in [5, 5.41) is 3.25. The van der Waals surface area contributed by atoms with Crippen molar-refractivity contribution in [3.63, 3.8) is 0 Å². The lowest BCUT2D eigenvalue weighted by Crippen LogP contribution is -2.45. The molecule has 1 fully saturated rings. The van der Waals surface area contributed by atoms with Crippen LogP contribution in [-0.2, 0) is 11.3 Å². The number of carbonyl (C=O) groups is 2. The van der Waals surface area contributed by atoms with Gasteiger partial charge in [-0.25, -0.2) is 4.79 Å². The number of nitrogens with one attached hydrogen (secondary N) is 1. The molecule has 0 aromatic heterocycles. The third-order valence-corrected chi connectivity index (χ3v) is 6.52. The van der Waals surface area contributed by atoms with E-state index >= 15 is 0 Å². The van der Waals surface area contributed by atoms with Gasteiger partial charge in [-0.3, -0.25) is 9.69 Å². The molecule has 4 rings (SSSR count). The molecule has 2 aliphatic heterocycles. The lowest BCUT2D eigenvalue weighted by molar-refractivity contribution is -0.123. The first-order chi connectivity index (χ1) is 14.2. The van der Waals surface area contributed by atoms with E-state index in [0.29, 0.717) is 10.9 Å². The van der Waals surface area contributed by atoms with E-state index in [2.05, 4.69) is 38.0 Å². The molecule has 5 nitrogen and oxygen atoms in total. The molecule has 2 heterocycles. The second-order valence-electron chi connectivity index (χ2n) is 8.77. The van der Waals surface area contributed by atoms with Crippen molar-refractivity contribution in [1.82, 2.24) is 10.2 Å². The number of hydrogen-bond donors (Lipinski definition) is 1. The number of hydrogen-bond acceptors (Lipinski definition) is 3. The molecule has 1 N–H and O–H groups in total. The third kappa shape index (κ3) is 3.58. The van der Waals surface area contributed by atoms with E-state index in [1.165, 1.54) is 10.5 Å². The summed E-state index contributed by atoms with van der Waals surface area (Å²) in [5.41, 5.74) is 4.23. The Labute approximate surface area is 182 Å². The van der Waals surface area contributed by atoms with Crippen molar-refractivity contribution in [3.05, 3.63) is 69.9 Å². The van der Waals surface area contributed by atoms with Crippen molar-refractivity contribution in [2.75, 3.05) is 11.9 Å². The van der Waals surface area contributed by atoms with Crippen LogP contribution < -0.4 is 10.2 Å². The highest BCUT2D eigenvalue weighted by atomic mass is 35.5. The summed E-state index contributed by atoms with van der Waals surface area (Å²) in [5.74, 6) is 0.0213. The van der Waals surface area contributed by atoms with Crippen LogP contribution in [-0.4, -0.2) is 29.4 Å². The number of nitrogens with zero attached hydrogens (tertiary/aromatic N) is 2. The molecule has 1 saturated heterocycles. The van der Waals surface area contributed by atoms with Gasteiger partial charge in [0.2, 0.25) is 0 Å². The summed E-state index contributed by atoms with van der Waals surface area (Å²) in [6.07, 6.45) is 2.70. The molecule has 0 radical (unpaired) electrons. The number of urea groups is 1. The highest BCUT2D eigenvalue weighted by Gasteiger charge is 2.36. The maximum Gasteiger partial charge on any atom is 0.329 e. The Morgan fingerprint density at radius 1 is 1.20 bits per heavy atom. The molecule has 0 saturated carbocycles. The van der Waals surface area contributed by atoms with Gasteiger partial charge in [0.15, 0.2) is 0 Å². The van der Waals surface area contributed by atoms with Gasteiger partial charge in [-0.05, 0) is 61.1 Å². The average molecular weight is 424 g/mol. The van der Waals surface area contributed by atoms with Gasteiger partial charge in [-0.1, -0.05) is 48.9 Å². The van der Waals surface area contributed by atoms with Gasteiger partial charge >= 0.3 is 6.03 Å². The zero-order valence-corrected chi connectivity index (χ0v) is 18.5. The van der Waals surface area contributed by atoms with Gasteiger partial charge < -0.3 is 10.2 Å². The topological polar surface area (TPSA) is 52.7 Å². The normalized spacial score (nSPS) is 21.8. The molecular weight excluding hydrogens is 398 g/mol. The Kier molecular flexibility index (Phi) is 5.10. The molecule has 1 unspecified atom stereocenters. The van der Waals surface area contributed by atoms with Crippen molar-refractivity contribution < 1.29 is 9.59 Å². The SMILES string of the molecule is CC1CC(C)(C)N(C)c2cc(Cl)c(/C=C3/NC(=O)N(Cc4ccccc4)C3=O)cc21. The predicted octanol–water partition coefficient (Wildman–Crippen LogP) is 5.15. The summed E-state index contributed by atoms with van der Waals surface area (Å²) in [6.45, 7) is 6.90. The summed E-state index contributed by atoms with van der Waals surface area (Å²) < 4.78 is 0. The molecule has 2 aromatic rings. The van der Waals surface area contributed by atoms with E-state index in [1.807, 2.05) is 42.5 Å². The molecule has 30 heavy (non-hydrogen) atoms. The summed E-state index contributed by atoms with van der Waals surface area (Å²) in [4.78, 5) is 28.7. The number of anilines is 1. The van der Waals surface area contributed by atoms with Crippen LogP contribution in [0.15, 0.2) is 48.2 Å². The number of carbonyl (C=O) groups excluding carboxylic acids is 2. The Hall–Kier alpha value is -2.79. The monoisotopic (exact) mass is 423 g/mol. The summed E-state index contributed by atoms with van der Waals surface area (Å²) in [7, 11) is 2.08. The minimum absolute atomic E-state index is 0.0447. The van der Waals surface area contributed by atoms with Crippen LogP contribution in [0.4, 0.5) is 10.5 Å². The average Bonchev–Trinajstić information content (AvgIpc) is 2.95. The van der Waals surface area contributed by atoms with Crippen LogP contribution >= 0.6 is 11.6 Å². The van der Waals surface area contributed by atoms with Crippen molar-refractivity contribution in [3.8, 4) is 0 Å². The predicted molar refractivity (Wildman–Crippen MR) is 120 cm³/mol. The molecule has 0 spiro atoms. The summed E-state index contributed by atoms with van der Waals surface area (Å²) >= 11 is 6.59. The molecule has 3 amide bonds. The van der Waals surface area contributed by atoms with Crippen LogP contribution in [0.3, 0.4) is 0 Å². The fraction of sp³-hybridized carbons (Fsp3) is 0.333. The van der Waals surface area contributed by atoms with Crippen molar-refractivity contribution in [2.45, 2.75) is 45.2 Å². The molecule has 2 aliphatic rings. The Morgan fingerprint density at radius 3 is 2.60 bits per heavy atom. The molecule has 1 atom stereocenters. The first kappa shape index (κ1) is 20.5. The summed E-state index contributed by atoms with van der Waals surface area (Å²) in [6, 6.07) is 13.0. The number of halogens is 1. The van der Waals surface area contributed by atoms with Crippen molar-refractivity contribution in [2.24, 2.45) is 0 Å². The largest absolute Gasteiger partial charge is 0.369 e. The lowest BCUT2D eigenvalue weighted by atomic mass is 9.80. The highest BCUT2D eigenvalue weighted by Crippen LogP contribution is 2.44. The van der Waals surface area contributed by atoms with E-state index in [-0.39, 0.29) is 23.7 Å². The first-order valence-electron chi connectivity index (χ1n) is 10.1. The van der Waals surface area contributed by atoms with Crippen LogP contribution in [0.1, 0.15) is 49.8 Å². The van der Waals surface area contributed by atoms with E-state index in [0.717, 1.165) is 23.2 Å². The molecular formula is C24H26ClN3O2. The standard InChI is InChI=1S/C24H26ClN3O2/c1-15-13-24(2,3)27(4)21-12-19(25)17(10-18(15)21)11-20-22(29)28(23(30)26-20)14-16-8-6-5-7-9-16/h5-12,15H,13-14H2,1-4H3,(H,26,30)/b20-11+. The number of fused-ring (bicyclic) bond motifs is 1. The number of benzene rings is 2. The fourth-order valence-electron chi connectivity index (χ4n) is 4.35. The number of rotatable bonds is 3. The van der Waals surface area contributed by atoms with Crippen molar-refractivity contribution >= 4 is 35.3 Å². The zero-order chi connectivity index (χ0) is 21.6. The van der Waals surface area contributed by atoms with E-state index in [4.69, 9.17) is 11.6 Å². The smallest absolute Gasteiger partial charge is 0.329 e. The van der Waals surface area contributed by atoms with Crippen molar-refractivity contribution in [1.29, 1.82) is 0 Å². The van der Waals surface area contributed by atoms with E-state index < -0.39 is 6.03 Å². The van der Waals surface area contributed by atoms with Gasteiger partial charge in [-0.2, -0.15) is 0 Å². The number of imide groups is 1. The Bertz CT molecular complexity index is 1050. The Balaban J connectivity index is 1.65. The number of amides is 3. The molecule has 2 aromatic carbocycles. The Morgan fingerprint density at radius 2 is 1.90 bits per heavy atom. The molecule has 0 bridgehead atoms. The zero-order valence-electron chi connectivity index (χ0n) is 17.7. The molecule has 6 heteroatoms. The quantitative estimate of drug-likeness (QED) is 0.548. The second-order valence-corrected chi connectivity index (χ2v) is 9.18. The maximum atomic E-state index is 12.8. The second kappa shape index (κ2) is 7.47. The minimum Gasteiger partial charge on any atom is -0.369 e. The van der Waals surface area contributed by atoms with E-state index in [1.54, 1.807) is 6.08 Å². The van der Waals surface area contributed by atoms with Gasteiger partial charge in [-0.15, -0.1) is 0 Å². The van der Waals surface area contributed by atoms with E-state index in [9.17, 15) is 9.59 Å². The fourth-order valence-corrected chi connectivity index (χ4v) is 4.56. The first-order valence-corrected chi connectivity index (χ1v) is 10.5. The van der Waals surface area contributed by atoms with Gasteiger partial charge in [0.25, 0.3) is 5.91 Å². The van der Waals surface area contributed by atoms with Crippen LogP contribution in [0.5, 0.6) is 0 Å². The highest BCUT2D eigenvalue weighted by molar-refractivity contribution is 6.32. The minimum atomic E-state index is -0.418. The van der Waals surface area contributed by atoms with Gasteiger partial charge in [0.05, 0.1) is 6.54 Å².